The van der Waals surface area contributed by atoms with Gasteiger partial charge in [0.05, 0.1) is 0 Å². The van der Waals surface area contributed by atoms with Crippen LogP contribution in [0.5, 0.6) is 11.5 Å². The van der Waals surface area contributed by atoms with Crippen molar-refractivity contribution in [1.29, 1.82) is 0 Å². The molecule has 0 heterocycles. The lowest BCUT2D eigenvalue weighted by atomic mass is 10.1. The molecule has 0 aliphatic heterocycles. The first kappa shape index (κ1) is 11.0. The van der Waals surface area contributed by atoms with E-state index in [0.29, 0.717) is 0 Å². The molecule has 2 aromatic carbocycles. The predicted molar refractivity (Wildman–Crippen MR) is 67.3 cm³/mol. The normalized spacial score (nSPS) is 10.1. The van der Waals surface area contributed by atoms with Gasteiger partial charge in [0.1, 0.15) is 11.5 Å². The zero-order valence-corrected chi connectivity index (χ0v) is 9.87. The van der Waals surface area contributed by atoms with E-state index in [4.69, 9.17) is 16.3 Å². The molecule has 0 aliphatic carbocycles. The molecule has 0 fully saturated rings. The second-order valence-electron chi connectivity index (χ2n) is 3.52. The number of para-hydroxylation sites is 1. The average Bonchev–Trinajstić information content (AvgIpc) is 2.33. The Morgan fingerprint density at radius 1 is 1.06 bits per heavy atom. The molecule has 2 rings (SSSR count). The standard InChI is InChI=1S/C14H13ClO/c1-2-11-10-12(15)8-9-14(11)16-13-6-4-3-5-7-13/h3-10H,2H2,1H3. The zero-order chi connectivity index (χ0) is 11.4. The summed E-state index contributed by atoms with van der Waals surface area (Å²) in [5, 5.41) is 0.747. The third-order valence-corrected chi connectivity index (χ3v) is 2.61. The molecule has 82 valence electrons. The Balaban J connectivity index is 2.28. The SMILES string of the molecule is CCc1cc(Cl)ccc1Oc1ccccc1. The molecular weight excluding hydrogens is 220 g/mol. The van der Waals surface area contributed by atoms with Gasteiger partial charge in [-0.1, -0.05) is 36.7 Å². The fourth-order valence-electron chi connectivity index (χ4n) is 1.54. The molecule has 0 aliphatic rings. The maximum Gasteiger partial charge on any atom is 0.130 e. The van der Waals surface area contributed by atoms with Gasteiger partial charge in [-0.2, -0.15) is 0 Å². The third kappa shape index (κ3) is 2.56. The summed E-state index contributed by atoms with van der Waals surface area (Å²) in [5.41, 5.74) is 1.12. The second kappa shape index (κ2) is 5.04. The largest absolute Gasteiger partial charge is 0.457 e. The van der Waals surface area contributed by atoms with Crippen molar-refractivity contribution in [2.24, 2.45) is 0 Å². The fourth-order valence-corrected chi connectivity index (χ4v) is 1.73. The lowest BCUT2D eigenvalue weighted by Gasteiger charge is -2.10. The van der Waals surface area contributed by atoms with Crippen LogP contribution in [0.4, 0.5) is 0 Å². The van der Waals surface area contributed by atoms with Crippen LogP contribution in [0.15, 0.2) is 48.5 Å². The van der Waals surface area contributed by atoms with E-state index in [1.807, 2.05) is 48.5 Å². The van der Waals surface area contributed by atoms with E-state index in [1.54, 1.807) is 0 Å². The Bertz CT molecular complexity index is 465. The van der Waals surface area contributed by atoms with Crippen molar-refractivity contribution in [3.8, 4) is 11.5 Å². The van der Waals surface area contributed by atoms with Crippen LogP contribution < -0.4 is 4.74 Å². The molecule has 16 heavy (non-hydrogen) atoms. The summed E-state index contributed by atoms with van der Waals surface area (Å²) in [6, 6.07) is 15.5. The van der Waals surface area contributed by atoms with E-state index in [0.717, 1.165) is 28.5 Å². The number of hydrogen-bond acceptors (Lipinski definition) is 1. The number of benzene rings is 2. The monoisotopic (exact) mass is 232 g/mol. The predicted octanol–water partition coefficient (Wildman–Crippen LogP) is 4.69. The Morgan fingerprint density at radius 2 is 1.81 bits per heavy atom. The molecule has 0 bridgehead atoms. The van der Waals surface area contributed by atoms with E-state index < -0.39 is 0 Å². The minimum Gasteiger partial charge on any atom is -0.457 e. The zero-order valence-electron chi connectivity index (χ0n) is 9.11. The first-order valence-corrected chi connectivity index (χ1v) is 5.68. The molecule has 0 unspecified atom stereocenters. The summed E-state index contributed by atoms with van der Waals surface area (Å²) in [4.78, 5) is 0. The summed E-state index contributed by atoms with van der Waals surface area (Å²) in [5.74, 6) is 1.72. The van der Waals surface area contributed by atoms with Gasteiger partial charge in [0, 0.05) is 5.02 Å². The van der Waals surface area contributed by atoms with Crippen molar-refractivity contribution in [2.45, 2.75) is 13.3 Å². The average molecular weight is 233 g/mol. The molecule has 0 saturated carbocycles. The number of hydrogen-bond donors (Lipinski definition) is 0. The van der Waals surface area contributed by atoms with Gasteiger partial charge in [0.25, 0.3) is 0 Å². The summed E-state index contributed by atoms with van der Waals surface area (Å²) in [7, 11) is 0. The molecule has 2 heteroatoms. The molecule has 0 spiro atoms. The highest BCUT2D eigenvalue weighted by molar-refractivity contribution is 6.30. The minimum absolute atomic E-state index is 0.747. The van der Waals surface area contributed by atoms with Gasteiger partial charge in [0.2, 0.25) is 0 Å². The third-order valence-electron chi connectivity index (χ3n) is 2.37. The van der Waals surface area contributed by atoms with E-state index >= 15 is 0 Å². The van der Waals surface area contributed by atoms with Gasteiger partial charge < -0.3 is 4.74 Å². The van der Waals surface area contributed by atoms with E-state index in [2.05, 4.69) is 6.92 Å². The Labute approximate surface area is 101 Å². The molecule has 2 aromatic rings. The molecule has 1 nitrogen and oxygen atoms in total. The molecule has 0 saturated heterocycles. The number of aryl methyl sites for hydroxylation is 1. The van der Waals surface area contributed by atoms with Crippen LogP contribution >= 0.6 is 11.6 Å². The summed E-state index contributed by atoms with van der Waals surface area (Å²) >= 11 is 5.94. The van der Waals surface area contributed by atoms with Crippen molar-refractivity contribution in [2.75, 3.05) is 0 Å². The van der Waals surface area contributed by atoms with E-state index in [9.17, 15) is 0 Å². The van der Waals surface area contributed by atoms with Crippen LogP contribution in [-0.2, 0) is 6.42 Å². The van der Waals surface area contributed by atoms with E-state index in [-0.39, 0.29) is 0 Å². The summed E-state index contributed by atoms with van der Waals surface area (Å²) < 4.78 is 5.80. The van der Waals surface area contributed by atoms with Gasteiger partial charge in [-0.15, -0.1) is 0 Å². The fraction of sp³-hybridized carbons (Fsp3) is 0.143. The van der Waals surface area contributed by atoms with Gasteiger partial charge in [0.15, 0.2) is 0 Å². The number of ether oxygens (including phenoxy) is 1. The first-order chi connectivity index (χ1) is 7.79. The highest BCUT2D eigenvalue weighted by Crippen LogP contribution is 2.27. The van der Waals surface area contributed by atoms with Gasteiger partial charge >= 0.3 is 0 Å². The molecule has 0 N–H and O–H groups in total. The topological polar surface area (TPSA) is 9.23 Å². The number of rotatable bonds is 3. The second-order valence-corrected chi connectivity index (χ2v) is 3.96. The maximum atomic E-state index is 5.94. The highest BCUT2D eigenvalue weighted by atomic mass is 35.5. The molecule has 0 radical (unpaired) electrons. The molecule has 0 amide bonds. The van der Waals surface area contributed by atoms with Gasteiger partial charge in [-0.25, -0.2) is 0 Å². The van der Waals surface area contributed by atoms with Crippen LogP contribution in [-0.4, -0.2) is 0 Å². The summed E-state index contributed by atoms with van der Waals surface area (Å²) in [6.45, 7) is 2.09. The van der Waals surface area contributed by atoms with Crippen LogP contribution in [0.25, 0.3) is 0 Å². The van der Waals surface area contributed by atoms with Crippen LogP contribution in [0.1, 0.15) is 12.5 Å². The molecule has 0 aromatic heterocycles. The number of halogens is 1. The summed E-state index contributed by atoms with van der Waals surface area (Å²) in [6.07, 6.45) is 0.905. The van der Waals surface area contributed by atoms with Crippen molar-refractivity contribution in [3.63, 3.8) is 0 Å². The first-order valence-electron chi connectivity index (χ1n) is 5.31. The minimum atomic E-state index is 0.747. The van der Waals surface area contributed by atoms with Crippen LogP contribution in [0, 0.1) is 0 Å². The van der Waals surface area contributed by atoms with Crippen molar-refractivity contribution >= 4 is 11.6 Å². The lowest BCUT2D eigenvalue weighted by molar-refractivity contribution is 0.477. The Hall–Kier alpha value is -1.47. The highest BCUT2D eigenvalue weighted by Gasteiger charge is 2.03. The van der Waals surface area contributed by atoms with Crippen molar-refractivity contribution < 1.29 is 4.74 Å². The van der Waals surface area contributed by atoms with Crippen molar-refractivity contribution in [1.82, 2.24) is 0 Å². The maximum absolute atomic E-state index is 5.94. The van der Waals surface area contributed by atoms with E-state index in [1.165, 1.54) is 0 Å². The van der Waals surface area contributed by atoms with Gasteiger partial charge in [-0.05, 0) is 42.3 Å². The Kier molecular flexibility index (Phi) is 3.47. The van der Waals surface area contributed by atoms with Crippen LogP contribution in [0.3, 0.4) is 0 Å². The van der Waals surface area contributed by atoms with Crippen LogP contribution in [0.2, 0.25) is 5.02 Å². The smallest absolute Gasteiger partial charge is 0.130 e. The van der Waals surface area contributed by atoms with Gasteiger partial charge in [-0.3, -0.25) is 0 Å². The van der Waals surface area contributed by atoms with Crippen molar-refractivity contribution in [3.05, 3.63) is 59.1 Å². The molecular formula is C14H13ClO. The Morgan fingerprint density at radius 3 is 2.50 bits per heavy atom. The lowest BCUT2D eigenvalue weighted by Crippen LogP contribution is -1.90. The molecule has 0 atom stereocenters. The quantitative estimate of drug-likeness (QED) is 0.746.